The van der Waals surface area contributed by atoms with Gasteiger partial charge in [0.1, 0.15) is 0 Å². The Kier molecular flexibility index (Phi) is 1.05. The largest absolute Gasteiger partial charge is 0.103 e. The van der Waals surface area contributed by atoms with Crippen molar-refractivity contribution < 1.29 is 0 Å². The van der Waals surface area contributed by atoms with Crippen LogP contribution in [0.25, 0.3) is 0 Å². The van der Waals surface area contributed by atoms with Gasteiger partial charge in [-0.3, -0.25) is 0 Å². The third-order valence-electron chi connectivity index (χ3n) is 2.83. The second kappa shape index (κ2) is 1.77. The van der Waals surface area contributed by atoms with Crippen molar-refractivity contribution in [1.82, 2.24) is 0 Å². The van der Waals surface area contributed by atoms with Crippen molar-refractivity contribution in [2.45, 2.75) is 26.2 Å². The van der Waals surface area contributed by atoms with Crippen molar-refractivity contribution in [3.8, 4) is 11.8 Å². The normalized spacial score (nSPS) is 46.1. The Balaban J connectivity index is 2.05. The molecular weight excluding hydrogens is 108 g/mol. The van der Waals surface area contributed by atoms with Gasteiger partial charge in [0.15, 0.2) is 0 Å². The van der Waals surface area contributed by atoms with Crippen LogP contribution in [0.15, 0.2) is 0 Å². The highest BCUT2D eigenvalue weighted by molar-refractivity contribution is 5.10. The Morgan fingerprint density at radius 2 is 2.11 bits per heavy atom. The monoisotopic (exact) mass is 120 g/mol. The smallest absolute Gasteiger partial charge is 0.0122 e. The van der Waals surface area contributed by atoms with Gasteiger partial charge in [-0.25, -0.2) is 0 Å². The van der Waals surface area contributed by atoms with E-state index in [1.54, 1.807) is 0 Å². The molecule has 2 aliphatic rings. The van der Waals surface area contributed by atoms with E-state index in [1.807, 2.05) is 0 Å². The van der Waals surface area contributed by atoms with Crippen molar-refractivity contribution in [2.24, 2.45) is 17.8 Å². The van der Waals surface area contributed by atoms with Crippen LogP contribution in [0.4, 0.5) is 0 Å². The molecule has 0 bridgehead atoms. The second-order valence-corrected chi connectivity index (χ2v) is 3.28. The molecule has 2 rings (SSSR count). The minimum atomic E-state index is 0.986. The van der Waals surface area contributed by atoms with Crippen molar-refractivity contribution in [1.29, 1.82) is 0 Å². The molecule has 0 heteroatoms. The zero-order chi connectivity index (χ0) is 6.27. The van der Waals surface area contributed by atoms with Crippen LogP contribution in [0.5, 0.6) is 0 Å². The Morgan fingerprint density at radius 1 is 1.22 bits per heavy atom. The summed E-state index contributed by atoms with van der Waals surface area (Å²) in [5.41, 5.74) is 0. The highest BCUT2D eigenvalue weighted by Gasteiger charge is 2.45. The topological polar surface area (TPSA) is 0 Å². The van der Waals surface area contributed by atoms with E-state index >= 15 is 0 Å². The Hall–Kier alpha value is -0.440. The molecule has 48 valence electrons. The minimum Gasteiger partial charge on any atom is -0.103 e. The predicted molar refractivity (Wildman–Crippen MR) is 37.8 cm³/mol. The third kappa shape index (κ3) is 0.758. The Labute approximate surface area is 56.6 Å². The average molecular weight is 120 g/mol. The van der Waals surface area contributed by atoms with Crippen molar-refractivity contribution >= 4 is 0 Å². The molecule has 0 amide bonds. The number of hydrogen-bond acceptors (Lipinski definition) is 0. The molecule has 1 fully saturated rings. The maximum atomic E-state index is 3.22. The van der Waals surface area contributed by atoms with E-state index in [0.717, 1.165) is 24.2 Å². The van der Waals surface area contributed by atoms with E-state index in [1.165, 1.54) is 12.8 Å². The predicted octanol–water partition coefficient (Wildman–Crippen LogP) is 2.06. The van der Waals surface area contributed by atoms with Crippen molar-refractivity contribution in [3.05, 3.63) is 0 Å². The highest BCUT2D eigenvalue weighted by atomic mass is 14.5. The summed E-state index contributed by atoms with van der Waals surface area (Å²) >= 11 is 0. The maximum Gasteiger partial charge on any atom is 0.0122 e. The first-order chi connectivity index (χ1) is 4.39. The van der Waals surface area contributed by atoms with E-state index < -0.39 is 0 Å². The molecule has 1 unspecified atom stereocenters. The van der Waals surface area contributed by atoms with E-state index in [-0.39, 0.29) is 0 Å². The SMILES string of the molecule is CC1[C@H]2CC#CCC[C@@H]12. The van der Waals surface area contributed by atoms with Gasteiger partial charge in [-0.05, 0) is 24.2 Å². The van der Waals surface area contributed by atoms with Gasteiger partial charge in [-0.1, -0.05) is 6.92 Å². The first-order valence-electron chi connectivity index (χ1n) is 3.85. The fourth-order valence-electron chi connectivity index (χ4n) is 1.97. The van der Waals surface area contributed by atoms with Gasteiger partial charge in [0, 0.05) is 12.8 Å². The molecule has 0 radical (unpaired) electrons. The summed E-state index contributed by atoms with van der Waals surface area (Å²) in [4.78, 5) is 0. The lowest BCUT2D eigenvalue weighted by Gasteiger charge is -1.86. The van der Waals surface area contributed by atoms with Crippen LogP contribution in [-0.2, 0) is 0 Å². The van der Waals surface area contributed by atoms with Crippen LogP contribution in [0, 0.1) is 29.6 Å². The summed E-state index contributed by atoms with van der Waals surface area (Å²) in [5.74, 6) is 9.42. The first-order valence-corrected chi connectivity index (χ1v) is 3.85. The van der Waals surface area contributed by atoms with Gasteiger partial charge in [0.2, 0.25) is 0 Å². The van der Waals surface area contributed by atoms with Crippen molar-refractivity contribution in [2.75, 3.05) is 0 Å². The fourth-order valence-corrected chi connectivity index (χ4v) is 1.97. The van der Waals surface area contributed by atoms with Crippen molar-refractivity contribution in [3.63, 3.8) is 0 Å². The molecule has 3 atom stereocenters. The molecule has 0 aromatic carbocycles. The van der Waals surface area contributed by atoms with Gasteiger partial charge in [-0.2, -0.15) is 0 Å². The quantitative estimate of drug-likeness (QED) is 0.429. The summed E-state index contributed by atoms with van der Waals surface area (Å²) < 4.78 is 0. The Morgan fingerprint density at radius 3 is 3.00 bits per heavy atom. The lowest BCUT2D eigenvalue weighted by Crippen LogP contribution is -1.76. The molecule has 0 spiro atoms. The summed E-state index contributed by atoms with van der Waals surface area (Å²) in [6.07, 6.45) is 3.72. The zero-order valence-electron chi connectivity index (χ0n) is 5.85. The summed E-state index contributed by atoms with van der Waals surface area (Å²) in [5, 5.41) is 0. The highest BCUT2D eigenvalue weighted by Crippen LogP contribution is 2.51. The van der Waals surface area contributed by atoms with E-state index in [2.05, 4.69) is 18.8 Å². The Bertz CT molecular complexity index is 170. The lowest BCUT2D eigenvalue weighted by molar-refractivity contribution is 0.670. The fraction of sp³-hybridized carbons (Fsp3) is 0.778. The van der Waals surface area contributed by atoms with Gasteiger partial charge >= 0.3 is 0 Å². The molecule has 1 saturated carbocycles. The average Bonchev–Trinajstić information content (AvgIpc) is 2.51. The number of rotatable bonds is 0. The van der Waals surface area contributed by atoms with Gasteiger partial charge in [0.05, 0.1) is 0 Å². The molecule has 0 N–H and O–H groups in total. The first kappa shape index (κ1) is 5.35. The second-order valence-electron chi connectivity index (χ2n) is 3.28. The van der Waals surface area contributed by atoms with Crippen LogP contribution < -0.4 is 0 Å². The molecule has 0 nitrogen and oxygen atoms in total. The van der Waals surface area contributed by atoms with Crippen LogP contribution in [0.3, 0.4) is 0 Å². The molecule has 0 aromatic rings. The zero-order valence-corrected chi connectivity index (χ0v) is 5.85. The number of hydrogen-bond donors (Lipinski definition) is 0. The maximum absolute atomic E-state index is 3.22. The van der Waals surface area contributed by atoms with E-state index in [0.29, 0.717) is 0 Å². The molecule has 0 aromatic heterocycles. The summed E-state index contributed by atoms with van der Waals surface area (Å²) in [7, 11) is 0. The lowest BCUT2D eigenvalue weighted by atomic mass is 10.2. The molecule has 0 aliphatic heterocycles. The summed E-state index contributed by atoms with van der Waals surface area (Å²) in [6.45, 7) is 2.36. The van der Waals surface area contributed by atoms with Crippen LogP contribution in [-0.4, -0.2) is 0 Å². The molecule has 2 aliphatic carbocycles. The van der Waals surface area contributed by atoms with Crippen LogP contribution in [0.2, 0.25) is 0 Å². The molecular formula is C9H12. The van der Waals surface area contributed by atoms with Gasteiger partial charge in [-0.15, -0.1) is 11.8 Å². The standard InChI is InChI=1S/C9H12/c1-7-8-5-3-2-4-6-9(7)8/h7-9H,3,5-6H2,1H3/t7?,8-,9+/m0/s1. The molecule has 0 saturated heterocycles. The van der Waals surface area contributed by atoms with E-state index in [9.17, 15) is 0 Å². The van der Waals surface area contributed by atoms with Crippen LogP contribution in [0.1, 0.15) is 26.2 Å². The minimum absolute atomic E-state index is 0.986. The molecule has 0 heterocycles. The van der Waals surface area contributed by atoms with Crippen LogP contribution >= 0.6 is 0 Å². The van der Waals surface area contributed by atoms with Gasteiger partial charge in [0.25, 0.3) is 0 Å². The summed E-state index contributed by atoms with van der Waals surface area (Å²) in [6, 6.07) is 0. The third-order valence-corrected chi connectivity index (χ3v) is 2.83. The number of fused-ring (bicyclic) bond motifs is 1. The molecule has 9 heavy (non-hydrogen) atoms. The van der Waals surface area contributed by atoms with Gasteiger partial charge < -0.3 is 0 Å². The van der Waals surface area contributed by atoms with E-state index in [4.69, 9.17) is 0 Å².